The lowest BCUT2D eigenvalue weighted by atomic mass is 10.0. The zero-order valence-electron chi connectivity index (χ0n) is 23.9. The lowest BCUT2D eigenvalue weighted by molar-refractivity contribution is -0.122. The molecule has 0 bridgehead atoms. The second-order valence-corrected chi connectivity index (χ2v) is 11.2. The summed E-state index contributed by atoms with van der Waals surface area (Å²) in [7, 11) is 3.64. The van der Waals surface area contributed by atoms with Crippen molar-refractivity contribution >= 4 is 46.5 Å². The molecule has 0 spiro atoms. The van der Waals surface area contributed by atoms with E-state index in [9.17, 15) is 19.6 Å². The summed E-state index contributed by atoms with van der Waals surface area (Å²) in [6.07, 6.45) is 0. The van der Waals surface area contributed by atoms with Gasteiger partial charge in [-0.15, -0.1) is 0 Å². The van der Waals surface area contributed by atoms with Crippen molar-refractivity contribution in [3.05, 3.63) is 92.5 Å². The van der Waals surface area contributed by atoms with Gasteiger partial charge in [-0.1, -0.05) is 35.0 Å². The summed E-state index contributed by atoms with van der Waals surface area (Å²) in [4.78, 5) is 39.8. The molecule has 42 heavy (non-hydrogen) atoms. The molecule has 0 aliphatic heterocycles. The Balaban J connectivity index is 1.68. The van der Waals surface area contributed by atoms with E-state index in [1.54, 1.807) is 23.1 Å². The van der Waals surface area contributed by atoms with Gasteiger partial charge in [-0.2, -0.15) is 5.26 Å². The zero-order valence-corrected chi connectivity index (χ0v) is 25.4. The Morgan fingerprint density at radius 2 is 1.69 bits per heavy atom. The van der Waals surface area contributed by atoms with Crippen LogP contribution in [0.1, 0.15) is 46.5 Å². The van der Waals surface area contributed by atoms with E-state index in [0.717, 1.165) is 11.1 Å². The molecule has 0 aliphatic rings. The van der Waals surface area contributed by atoms with Crippen LogP contribution in [-0.2, 0) is 9.59 Å². The topological polar surface area (TPSA) is 112 Å². The van der Waals surface area contributed by atoms with Crippen LogP contribution in [0.2, 0.25) is 10.0 Å². The third-order valence-electron chi connectivity index (χ3n) is 5.77. The molecule has 0 saturated carbocycles. The summed E-state index contributed by atoms with van der Waals surface area (Å²) >= 11 is 12.2. The summed E-state index contributed by atoms with van der Waals surface area (Å²) in [6.45, 7) is 5.38. The fourth-order valence-corrected chi connectivity index (χ4v) is 4.30. The first-order chi connectivity index (χ1) is 19.8. The third-order valence-corrected chi connectivity index (χ3v) is 6.22. The van der Waals surface area contributed by atoms with Crippen molar-refractivity contribution in [2.24, 2.45) is 0 Å². The maximum Gasteiger partial charge on any atom is 0.262 e. The number of carbonyl (C=O) groups excluding carboxylic acids is 3. The number of aryl methyl sites for hydroxylation is 1. The average Bonchev–Trinajstić information content (AvgIpc) is 2.91. The highest BCUT2D eigenvalue weighted by atomic mass is 35.5. The van der Waals surface area contributed by atoms with Crippen molar-refractivity contribution in [2.45, 2.75) is 26.3 Å². The minimum atomic E-state index is -0.724. The van der Waals surface area contributed by atoms with Crippen LogP contribution < -0.4 is 15.4 Å². The van der Waals surface area contributed by atoms with E-state index < -0.39 is 17.2 Å². The van der Waals surface area contributed by atoms with Crippen LogP contribution in [0, 0.1) is 30.1 Å². The number of benzene rings is 3. The Hall–Kier alpha value is -4.34. The maximum absolute atomic E-state index is 13.2. The zero-order chi connectivity index (χ0) is 31.0. The fraction of sp³-hybridized carbons (Fsp3) is 0.250. The van der Waals surface area contributed by atoms with Crippen LogP contribution in [0.5, 0.6) is 5.75 Å². The van der Waals surface area contributed by atoms with Gasteiger partial charge in [0.15, 0.2) is 12.4 Å². The van der Waals surface area contributed by atoms with Gasteiger partial charge in [0.25, 0.3) is 5.91 Å². The van der Waals surface area contributed by atoms with Gasteiger partial charge in [-0.25, -0.2) is 0 Å². The van der Waals surface area contributed by atoms with Crippen LogP contribution in [0.25, 0.3) is 0 Å². The SMILES string of the molecule is Cc1cc(C#CC(C)(C)NC(=O)CN(C)C)ccc1NC(=O)COc1ccc(Cl)cc1C(=O)c1cc(Cl)cc(C#N)c1. The molecule has 216 valence electrons. The van der Waals surface area contributed by atoms with Crippen molar-refractivity contribution < 1.29 is 19.1 Å². The van der Waals surface area contributed by atoms with Crippen molar-refractivity contribution in [3.8, 4) is 23.7 Å². The van der Waals surface area contributed by atoms with E-state index >= 15 is 0 Å². The molecule has 3 aromatic rings. The van der Waals surface area contributed by atoms with Crippen LogP contribution in [-0.4, -0.2) is 55.3 Å². The molecular formula is C32H30Cl2N4O4. The molecular weight excluding hydrogens is 575 g/mol. The first-order valence-corrected chi connectivity index (χ1v) is 13.6. The molecule has 10 heteroatoms. The molecule has 0 aliphatic carbocycles. The molecule has 3 aromatic carbocycles. The molecule has 0 fully saturated rings. The van der Waals surface area contributed by atoms with Crippen molar-refractivity contribution in [3.63, 3.8) is 0 Å². The quantitative estimate of drug-likeness (QED) is 0.255. The Bertz CT molecular complexity index is 1630. The Kier molecular flexibility index (Phi) is 10.7. The first-order valence-electron chi connectivity index (χ1n) is 12.8. The number of ketones is 1. The monoisotopic (exact) mass is 604 g/mol. The minimum Gasteiger partial charge on any atom is -0.483 e. The molecule has 0 unspecified atom stereocenters. The van der Waals surface area contributed by atoms with Crippen LogP contribution >= 0.6 is 23.2 Å². The summed E-state index contributed by atoms with van der Waals surface area (Å²) in [5, 5.41) is 15.5. The highest BCUT2D eigenvalue weighted by Gasteiger charge is 2.19. The van der Waals surface area contributed by atoms with Gasteiger partial charge < -0.3 is 20.3 Å². The largest absolute Gasteiger partial charge is 0.483 e. The van der Waals surface area contributed by atoms with E-state index in [-0.39, 0.29) is 46.5 Å². The number of anilines is 1. The highest BCUT2D eigenvalue weighted by molar-refractivity contribution is 6.32. The van der Waals surface area contributed by atoms with E-state index in [4.69, 9.17) is 27.9 Å². The molecule has 0 heterocycles. The van der Waals surface area contributed by atoms with Gasteiger partial charge in [0.05, 0.1) is 29.3 Å². The number of carbonyl (C=O) groups is 3. The molecule has 0 aromatic heterocycles. The first kappa shape index (κ1) is 32.2. The third kappa shape index (κ3) is 9.36. The van der Waals surface area contributed by atoms with Gasteiger partial charge in [-0.3, -0.25) is 14.4 Å². The number of ether oxygens (including phenoxy) is 1. The number of nitriles is 1. The average molecular weight is 606 g/mol. The van der Waals surface area contributed by atoms with E-state index in [1.165, 1.54) is 30.3 Å². The van der Waals surface area contributed by atoms with E-state index in [1.807, 2.05) is 47.0 Å². The number of hydrogen-bond donors (Lipinski definition) is 2. The van der Waals surface area contributed by atoms with Crippen LogP contribution in [0.3, 0.4) is 0 Å². The van der Waals surface area contributed by atoms with E-state index in [0.29, 0.717) is 10.7 Å². The number of halogens is 2. The van der Waals surface area contributed by atoms with Gasteiger partial charge in [-0.05, 0) is 95.0 Å². The molecule has 0 radical (unpaired) electrons. The number of amides is 2. The number of rotatable bonds is 9. The smallest absolute Gasteiger partial charge is 0.262 e. The predicted octanol–water partition coefficient (Wildman–Crippen LogP) is 5.23. The summed E-state index contributed by atoms with van der Waals surface area (Å²) in [6, 6.07) is 16.1. The number of likely N-dealkylation sites (N-methyl/N-ethyl adjacent to an activating group) is 1. The number of nitrogens with one attached hydrogen (secondary N) is 2. The molecule has 8 nitrogen and oxygen atoms in total. The second kappa shape index (κ2) is 14.0. The van der Waals surface area contributed by atoms with Crippen LogP contribution in [0.15, 0.2) is 54.6 Å². The highest BCUT2D eigenvalue weighted by Crippen LogP contribution is 2.27. The van der Waals surface area contributed by atoms with Gasteiger partial charge in [0.1, 0.15) is 5.75 Å². The lowest BCUT2D eigenvalue weighted by Crippen LogP contribution is -2.45. The Morgan fingerprint density at radius 1 is 0.952 bits per heavy atom. The predicted molar refractivity (Wildman–Crippen MR) is 164 cm³/mol. The number of hydrogen-bond acceptors (Lipinski definition) is 6. The molecule has 2 amide bonds. The fourth-order valence-electron chi connectivity index (χ4n) is 3.89. The maximum atomic E-state index is 13.2. The van der Waals surface area contributed by atoms with Gasteiger partial charge in [0.2, 0.25) is 5.91 Å². The Labute approximate surface area is 255 Å². The van der Waals surface area contributed by atoms with E-state index in [2.05, 4.69) is 22.5 Å². The molecule has 3 rings (SSSR count). The summed E-state index contributed by atoms with van der Waals surface area (Å²) in [5.41, 5.74) is 1.90. The van der Waals surface area contributed by atoms with Crippen molar-refractivity contribution in [1.29, 1.82) is 5.26 Å². The van der Waals surface area contributed by atoms with Crippen LogP contribution in [0.4, 0.5) is 5.69 Å². The normalized spacial score (nSPS) is 10.7. The van der Waals surface area contributed by atoms with Crippen molar-refractivity contribution in [1.82, 2.24) is 10.2 Å². The van der Waals surface area contributed by atoms with Crippen molar-refractivity contribution in [2.75, 3.05) is 32.6 Å². The molecule has 2 N–H and O–H groups in total. The van der Waals surface area contributed by atoms with Gasteiger partial charge >= 0.3 is 0 Å². The molecule has 0 atom stereocenters. The lowest BCUT2D eigenvalue weighted by Gasteiger charge is -2.21. The summed E-state index contributed by atoms with van der Waals surface area (Å²) in [5.74, 6) is 5.28. The molecule has 0 saturated heterocycles. The van der Waals surface area contributed by atoms with Gasteiger partial charge in [0, 0.05) is 26.9 Å². The standard InChI is InChI=1S/C32H30Cl2N4O4/c1-20-12-21(10-11-32(2,3)37-29(39)18-38(4)5)6-8-27(20)36-30(40)19-42-28-9-7-24(33)16-26(28)31(41)23-13-22(17-35)14-25(34)15-23/h6-9,12-16H,18-19H2,1-5H3,(H,36,40)(H,37,39). The minimum absolute atomic E-state index is 0.122. The number of nitrogens with zero attached hydrogens (tertiary/aromatic N) is 2. The second-order valence-electron chi connectivity index (χ2n) is 10.3. The Morgan fingerprint density at radius 3 is 2.36 bits per heavy atom. The summed E-state index contributed by atoms with van der Waals surface area (Å²) < 4.78 is 5.70.